The average Bonchev–Trinajstić information content (AvgIpc) is 2.87. The molecule has 0 bridgehead atoms. The van der Waals surface area contributed by atoms with Crippen LogP contribution < -0.4 is 4.31 Å². The Labute approximate surface area is 129 Å². The number of fused-ring (bicyclic) bond motifs is 1. The molecule has 3 rings (SSSR count). The molecule has 0 N–H and O–H groups in total. The normalized spacial score (nSPS) is 11.8. The quantitative estimate of drug-likeness (QED) is 0.747. The summed E-state index contributed by atoms with van der Waals surface area (Å²) in [5, 5.41) is 0. The molecule has 0 spiro atoms. The lowest BCUT2D eigenvalue weighted by atomic mass is 10.2. The number of hydrogen-bond acceptors (Lipinski definition) is 3. The topological polar surface area (TPSA) is 55.2 Å². The van der Waals surface area contributed by atoms with Crippen LogP contribution >= 0.6 is 0 Å². The van der Waals surface area contributed by atoms with Gasteiger partial charge in [-0.1, -0.05) is 18.2 Å². The van der Waals surface area contributed by atoms with Gasteiger partial charge >= 0.3 is 0 Å². The summed E-state index contributed by atoms with van der Waals surface area (Å²) in [6.07, 6.45) is 1.71. The van der Waals surface area contributed by atoms with Crippen LogP contribution in [0.25, 0.3) is 11.0 Å². The Kier molecular flexibility index (Phi) is 3.41. The molecule has 1 aromatic heterocycles. The van der Waals surface area contributed by atoms with Crippen LogP contribution in [0.3, 0.4) is 0 Å². The van der Waals surface area contributed by atoms with Crippen LogP contribution in [0, 0.1) is 6.92 Å². The predicted octanol–water partition coefficient (Wildman–Crippen LogP) is 2.71. The second-order valence-corrected chi connectivity index (χ2v) is 7.20. The molecule has 22 heavy (non-hydrogen) atoms. The maximum atomic E-state index is 12.8. The highest BCUT2D eigenvalue weighted by molar-refractivity contribution is 7.92. The molecule has 0 aliphatic heterocycles. The van der Waals surface area contributed by atoms with Crippen molar-refractivity contribution in [3.8, 4) is 0 Å². The molecule has 0 unspecified atom stereocenters. The van der Waals surface area contributed by atoms with E-state index in [-0.39, 0.29) is 0 Å². The Morgan fingerprint density at radius 2 is 1.86 bits per heavy atom. The van der Waals surface area contributed by atoms with E-state index in [0.717, 1.165) is 16.6 Å². The Morgan fingerprint density at radius 3 is 2.59 bits per heavy atom. The van der Waals surface area contributed by atoms with Gasteiger partial charge in [0.1, 0.15) is 0 Å². The minimum atomic E-state index is -3.59. The van der Waals surface area contributed by atoms with Gasteiger partial charge < -0.3 is 4.57 Å². The van der Waals surface area contributed by atoms with E-state index in [0.29, 0.717) is 10.6 Å². The molecule has 0 radical (unpaired) electrons. The number of nitrogens with zero attached hydrogens (tertiary/aromatic N) is 3. The van der Waals surface area contributed by atoms with Crippen LogP contribution in [0.15, 0.2) is 53.7 Å². The van der Waals surface area contributed by atoms with Crippen molar-refractivity contribution in [1.82, 2.24) is 9.55 Å². The molecule has 2 aromatic carbocycles. The Bertz CT molecular complexity index is 945. The van der Waals surface area contributed by atoms with Crippen molar-refractivity contribution in [2.45, 2.75) is 11.8 Å². The fourth-order valence-electron chi connectivity index (χ4n) is 2.45. The van der Waals surface area contributed by atoms with Crippen LogP contribution in [0.1, 0.15) is 5.56 Å². The first kappa shape index (κ1) is 14.6. The number of rotatable bonds is 3. The third-order valence-electron chi connectivity index (χ3n) is 3.80. The highest BCUT2D eigenvalue weighted by Crippen LogP contribution is 2.26. The second-order valence-electron chi connectivity index (χ2n) is 5.27. The second kappa shape index (κ2) is 5.14. The largest absolute Gasteiger partial charge is 0.334 e. The van der Waals surface area contributed by atoms with Gasteiger partial charge in [0.25, 0.3) is 10.0 Å². The fourth-order valence-corrected chi connectivity index (χ4v) is 3.86. The van der Waals surface area contributed by atoms with Gasteiger partial charge in [-0.2, -0.15) is 0 Å². The molecular formula is C16H17N3O2S. The molecule has 3 aromatic rings. The first-order valence-electron chi connectivity index (χ1n) is 6.87. The van der Waals surface area contributed by atoms with E-state index in [1.165, 1.54) is 4.31 Å². The van der Waals surface area contributed by atoms with E-state index in [9.17, 15) is 8.42 Å². The van der Waals surface area contributed by atoms with Gasteiger partial charge in [0.05, 0.1) is 27.9 Å². The van der Waals surface area contributed by atoms with Gasteiger partial charge in [-0.3, -0.25) is 4.31 Å². The van der Waals surface area contributed by atoms with Crippen LogP contribution in [0.4, 0.5) is 5.69 Å². The lowest BCUT2D eigenvalue weighted by Crippen LogP contribution is -2.27. The molecule has 0 amide bonds. The van der Waals surface area contributed by atoms with Crippen molar-refractivity contribution >= 4 is 26.7 Å². The van der Waals surface area contributed by atoms with Gasteiger partial charge in [-0.15, -0.1) is 0 Å². The smallest absolute Gasteiger partial charge is 0.264 e. The molecule has 0 aliphatic carbocycles. The van der Waals surface area contributed by atoms with Crippen LogP contribution in [-0.4, -0.2) is 25.0 Å². The number of sulfonamides is 1. The van der Waals surface area contributed by atoms with Crippen molar-refractivity contribution in [3.05, 3.63) is 54.4 Å². The standard InChI is InChI=1S/C16H17N3O2S/c1-12-6-4-5-7-16(12)22(20,21)19(3)13-8-9-15-14(10-13)17-11-18(15)2/h4-11H,1-3H3. The van der Waals surface area contributed by atoms with Crippen LogP contribution in [0.5, 0.6) is 0 Å². The minimum Gasteiger partial charge on any atom is -0.334 e. The maximum absolute atomic E-state index is 12.8. The molecule has 0 aliphatic rings. The first-order valence-corrected chi connectivity index (χ1v) is 8.31. The fraction of sp³-hybridized carbons (Fsp3) is 0.188. The molecule has 0 fully saturated rings. The zero-order valence-electron chi connectivity index (χ0n) is 12.7. The summed E-state index contributed by atoms with van der Waals surface area (Å²) in [6.45, 7) is 1.79. The predicted molar refractivity (Wildman–Crippen MR) is 87.5 cm³/mol. The summed E-state index contributed by atoms with van der Waals surface area (Å²) < 4.78 is 28.8. The van der Waals surface area contributed by atoms with Crippen molar-refractivity contribution in [3.63, 3.8) is 0 Å². The van der Waals surface area contributed by atoms with Gasteiger partial charge in [0.15, 0.2) is 0 Å². The number of benzene rings is 2. The number of anilines is 1. The van der Waals surface area contributed by atoms with E-state index in [1.807, 2.05) is 23.7 Å². The maximum Gasteiger partial charge on any atom is 0.264 e. The van der Waals surface area contributed by atoms with Crippen molar-refractivity contribution in [2.75, 3.05) is 11.4 Å². The first-order chi connectivity index (χ1) is 10.4. The Morgan fingerprint density at radius 1 is 1.14 bits per heavy atom. The number of aryl methyl sites for hydroxylation is 2. The summed E-state index contributed by atoms with van der Waals surface area (Å²) >= 11 is 0. The van der Waals surface area contributed by atoms with Gasteiger partial charge in [-0.05, 0) is 36.8 Å². The summed E-state index contributed by atoms with van der Waals surface area (Å²) in [7, 11) is -0.119. The summed E-state index contributed by atoms with van der Waals surface area (Å²) in [4.78, 5) is 4.59. The zero-order chi connectivity index (χ0) is 15.9. The lowest BCUT2D eigenvalue weighted by molar-refractivity contribution is 0.594. The van der Waals surface area contributed by atoms with E-state index in [1.54, 1.807) is 50.6 Å². The number of imidazole rings is 1. The average molecular weight is 315 g/mol. The van der Waals surface area contributed by atoms with Crippen LogP contribution in [0.2, 0.25) is 0 Å². The molecule has 0 saturated heterocycles. The van der Waals surface area contributed by atoms with E-state index in [4.69, 9.17) is 0 Å². The van der Waals surface area contributed by atoms with Gasteiger partial charge in [0, 0.05) is 14.1 Å². The summed E-state index contributed by atoms with van der Waals surface area (Å²) in [6, 6.07) is 12.4. The lowest BCUT2D eigenvalue weighted by Gasteiger charge is -2.20. The molecular weight excluding hydrogens is 298 g/mol. The minimum absolute atomic E-state index is 0.318. The third kappa shape index (κ3) is 2.25. The van der Waals surface area contributed by atoms with Crippen molar-refractivity contribution in [1.29, 1.82) is 0 Å². The number of aromatic nitrogens is 2. The summed E-state index contributed by atoms with van der Waals surface area (Å²) in [5.41, 5.74) is 3.06. The molecule has 0 atom stereocenters. The number of hydrogen-bond donors (Lipinski definition) is 0. The van der Waals surface area contributed by atoms with Gasteiger partial charge in [-0.25, -0.2) is 13.4 Å². The molecule has 1 heterocycles. The van der Waals surface area contributed by atoms with E-state index < -0.39 is 10.0 Å². The highest BCUT2D eigenvalue weighted by atomic mass is 32.2. The van der Waals surface area contributed by atoms with Crippen LogP contribution in [-0.2, 0) is 17.1 Å². The van der Waals surface area contributed by atoms with Crippen molar-refractivity contribution in [2.24, 2.45) is 7.05 Å². The SMILES string of the molecule is Cc1ccccc1S(=O)(=O)N(C)c1ccc2c(c1)ncn2C. The Hall–Kier alpha value is -2.34. The molecule has 6 heteroatoms. The molecule has 0 saturated carbocycles. The molecule has 114 valence electrons. The van der Waals surface area contributed by atoms with Crippen molar-refractivity contribution < 1.29 is 8.42 Å². The van der Waals surface area contributed by atoms with E-state index >= 15 is 0 Å². The van der Waals surface area contributed by atoms with E-state index in [2.05, 4.69) is 4.98 Å². The highest BCUT2D eigenvalue weighted by Gasteiger charge is 2.23. The third-order valence-corrected chi connectivity index (χ3v) is 5.75. The summed E-state index contributed by atoms with van der Waals surface area (Å²) in [5.74, 6) is 0. The zero-order valence-corrected chi connectivity index (χ0v) is 13.5. The monoisotopic (exact) mass is 315 g/mol. The van der Waals surface area contributed by atoms with Gasteiger partial charge in [0.2, 0.25) is 0 Å². The molecule has 5 nitrogen and oxygen atoms in total. The Balaban J connectivity index is 2.08.